The van der Waals surface area contributed by atoms with Crippen molar-refractivity contribution in [1.29, 1.82) is 0 Å². The first-order valence-electron chi connectivity index (χ1n) is 13.0. The van der Waals surface area contributed by atoms with Gasteiger partial charge in [-0.3, -0.25) is 15.0 Å². The molecule has 0 aliphatic carbocycles. The van der Waals surface area contributed by atoms with Crippen molar-refractivity contribution >= 4 is 33.6 Å². The standard InChI is InChI=1S/C29H32N4O6/c1-4-32-24-8-6-5-7-22(24)23-15-20(9-10-25(23)32)18-30-11-13-31(14-12-30)29(34)39-19-21-16-27(37-2)28(38-3)17-26(21)33(35)36/h5-10,15-17H,4,11-14,18-19H2,1-3H3. The second-order valence-electron chi connectivity index (χ2n) is 9.52. The molecule has 0 radical (unpaired) electrons. The van der Waals surface area contributed by atoms with E-state index in [0.717, 1.165) is 13.1 Å². The fourth-order valence-electron chi connectivity index (χ4n) is 5.31. The highest BCUT2D eigenvalue weighted by molar-refractivity contribution is 6.08. The van der Waals surface area contributed by atoms with Gasteiger partial charge in [0.05, 0.1) is 30.8 Å². The largest absolute Gasteiger partial charge is 0.493 e. The molecule has 1 amide bonds. The number of carbonyl (C=O) groups is 1. The number of nitrogens with zero attached hydrogens (tertiary/aromatic N) is 4. The lowest BCUT2D eigenvalue weighted by molar-refractivity contribution is -0.385. The van der Waals surface area contributed by atoms with Crippen LogP contribution in [0.1, 0.15) is 18.1 Å². The number of ether oxygens (including phenoxy) is 3. The summed E-state index contributed by atoms with van der Waals surface area (Å²) >= 11 is 0. The average Bonchev–Trinajstić information content (AvgIpc) is 3.28. The number of para-hydroxylation sites is 1. The highest BCUT2D eigenvalue weighted by atomic mass is 16.6. The van der Waals surface area contributed by atoms with E-state index in [9.17, 15) is 14.9 Å². The third-order valence-electron chi connectivity index (χ3n) is 7.32. The van der Waals surface area contributed by atoms with Crippen LogP contribution in [0.25, 0.3) is 21.8 Å². The fraction of sp³-hybridized carbons (Fsp3) is 0.345. The lowest BCUT2D eigenvalue weighted by Crippen LogP contribution is -2.48. The predicted molar refractivity (Wildman–Crippen MR) is 148 cm³/mol. The minimum Gasteiger partial charge on any atom is -0.493 e. The highest BCUT2D eigenvalue weighted by Gasteiger charge is 2.25. The monoisotopic (exact) mass is 532 g/mol. The quantitative estimate of drug-likeness (QED) is 0.227. The van der Waals surface area contributed by atoms with Crippen LogP contribution in [-0.2, 0) is 24.4 Å². The SMILES string of the molecule is CCn1c2ccccc2c2cc(CN3CCN(C(=O)OCc4cc(OC)c(OC)cc4[N+](=O)[O-])CC3)ccc21. The van der Waals surface area contributed by atoms with Gasteiger partial charge >= 0.3 is 6.09 Å². The van der Waals surface area contributed by atoms with Crippen LogP contribution in [-0.4, -0.2) is 65.8 Å². The van der Waals surface area contributed by atoms with E-state index in [2.05, 4.69) is 58.9 Å². The van der Waals surface area contributed by atoms with Gasteiger partial charge in [0, 0.05) is 61.1 Å². The van der Waals surface area contributed by atoms with Gasteiger partial charge in [0.2, 0.25) is 0 Å². The summed E-state index contributed by atoms with van der Waals surface area (Å²) in [6, 6.07) is 17.9. The van der Waals surface area contributed by atoms with Gasteiger partial charge in [0.15, 0.2) is 11.5 Å². The molecule has 1 aliphatic heterocycles. The molecule has 1 saturated heterocycles. The van der Waals surface area contributed by atoms with Crippen LogP contribution in [0.5, 0.6) is 11.5 Å². The van der Waals surface area contributed by atoms with Crippen molar-refractivity contribution in [3.8, 4) is 11.5 Å². The number of nitro benzene ring substituents is 1. The molecule has 0 unspecified atom stereocenters. The van der Waals surface area contributed by atoms with Crippen LogP contribution in [0, 0.1) is 10.1 Å². The molecule has 0 saturated carbocycles. The number of aryl methyl sites for hydroxylation is 1. The Bertz CT molecular complexity index is 1520. The molecule has 0 bridgehead atoms. The maximum atomic E-state index is 12.8. The van der Waals surface area contributed by atoms with Gasteiger partial charge in [0.1, 0.15) is 6.61 Å². The van der Waals surface area contributed by atoms with Crippen LogP contribution in [0.4, 0.5) is 10.5 Å². The number of carbonyl (C=O) groups excluding carboxylic acids is 1. The molecule has 10 heteroatoms. The average molecular weight is 533 g/mol. The molecule has 0 spiro atoms. The van der Waals surface area contributed by atoms with Crippen molar-refractivity contribution in [2.45, 2.75) is 26.6 Å². The Balaban J connectivity index is 1.20. The number of fused-ring (bicyclic) bond motifs is 3. The van der Waals surface area contributed by atoms with E-state index in [0.29, 0.717) is 31.9 Å². The van der Waals surface area contributed by atoms with Crippen LogP contribution < -0.4 is 9.47 Å². The summed E-state index contributed by atoms with van der Waals surface area (Å²) in [5.74, 6) is 0.575. The zero-order valence-corrected chi connectivity index (χ0v) is 22.4. The zero-order chi connectivity index (χ0) is 27.5. The Morgan fingerprint density at radius 2 is 1.62 bits per heavy atom. The summed E-state index contributed by atoms with van der Waals surface area (Å²) in [4.78, 5) is 27.7. The molecular weight excluding hydrogens is 500 g/mol. The van der Waals surface area contributed by atoms with Crippen molar-refractivity contribution in [3.63, 3.8) is 0 Å². The second-order valence-corrected chi connectivity index (χ2v) is 9.52. The first-order chi connectivity index (χ1) is 18.9. The summed E-state index contributed by atoms with van der Waals surface area (Å²) in [6.07, 6.45) is -0.493. The summed E-state index contributed by atoms with van der Waals surface area (Å²) in [5, 5.41) is 14.1. The number of methoxy groups -OCH3 is 2. The highest BCUT2D eigenvalue weighted by Crippen LogP contribution is 2.35. The summed E-state index contributed by atoms with van der Waals surface area (Å²) in [5.41, 5.74) is 3.77. The van der Waals surface area contributed by atoms with Crippen molar-refractivity contribution in [2.75, 3.05) is 40.4 Å². The van der Waals surface area contributed by atoms with E-state index >= 15 is 0 Å². The van der Waals surface area contributed by atoms with Crippen molar-refractivity contribution in [2.24, 2.45) is 0 Å². The first kappa shape index (κ1) is 26.3. The third-order valence-corrected chi connectivity index (χ3v) is 7.32. The van der Waals surface area contributed by atoms with Crippen LogP contribution >= 0.6 is 0 Å². The molecule has 1 aromatic heterocycles. The van der Waals surface area contributed by atoms with Crippen molar-refractivity contribution in [3.05, 3.63) is 75.8 Å². The van der Waals surface area contributed by atoms with E-state index in [1.165, 1.54) is 53.7 Å². The van der Waals surface area contributed by atoms with Crippen LogP contribution in [0.15, 0.2) is 54.6 Å². The fourth-order valence-corrected chi connectivity index (χ4v) is 5.31. The number of rotatable bonds is 8. The Morgan fingerprint density at radius 1 is 0.923 bits per heavy atom. The maximum Gasteiger partial charge on any atom is 0.410 e. The normalized spacial score (nSPS) is 14.1. The number of piperazine rings is 1. The molecule has 1 fully saturated rings. The molecule has 4 aromatic rings. The molecule has 10 nitrogen and oxygen atoms in total. The Kier molecular flexibility index (Phi) is 7.56. The lowest BCUT2D eigenvalue weighted by Gasteiger charge is -2.34. The predicted octanol–water partition coefficient (Wildman–Crippen LogP) is 5.19. The van der Waals surface area contributed by atoms with Gasteiger partial charge < -0.3 is 23.7 Å². The molecule has 2 heterocycles. The van der Waals surface area contributed by atoms with Gasteiger partial charge in [-0.25, -0.2) is 4.79 Å². The smallest absolute Gasteiger partial charge is 0.410 e. The first-order valence-corrected chi connectivity index (χ1v) is 13.0. The molecule has 0 atom stereocenters. The summed E-state index contributed by atoms with van der Waals surface area (Å²) in [7, 11) is 2.85. The number of aromatic nitrogens is 1. The minimum absolute atomic E-state index is 0.190. The maximum absolute atomic E-state index is 12.8. The Labute approximate surface area is 226 Å². The van der Waals surface area contributed by atoms with E-state index < -0.39 is 11.0 Å². The van der Waals surface area contributed by atoms with Crippen LogP contribution in [0.3, 0.4) is 0 Å². The third kappa shape index (κ3) is 5.20. The van der Waals surface area contributed by atoms with E-state index in [-0.39, 0.29) is 23.6 Å². The summed E-state index contributed by atoms with van der Waals surface area (Å²) in [6.45, 7) is 6.10. The van der Waals surface area contributed by atoms with Gasteiger partial charge in [-0.15, -0.1) is 0 Å². The van der Waals surface area contributed by atoms with Crippen LogP contribution in [0.2, 0.25) is 0 Å². The van der Waals surface area contributed by atoms with Gasteiger partial charge in [-0.2, -0.15) is 0 Å². The molecule has 3 aromatic carbocycles. The summed E-state index contributed by atoms with van der Waals surface area (Å²) < 4.78 is 18.2. The lowest BCUT2D eigenvalue weighted by atomic mass is 10.1. The van der Waals surface area contributed by atoms with Gasteiger partial charge in [0.25, 0.3) is 5.69 Å². The number of nitro groups is 1. The molecular formula is C29H32N4O6. The number of hydrogen-bond acceptors (Lipinski definition) is 7. The van der Waals surface area contributed by atoms with E-state index in [1.54, 1.807) is 4.90 Å². The zero-order valence-electron chi connectivity index (χ0n) is 22.4. The van der Waals surface area contributed by atoms with Gasteiger partial charge in [-0.05, 0) is 36.8 Å². The van der Waals surface area contributed by atoms with E-state index in [4.69, 9.17) is 14.2 Å². The number of hydrogen-bond donors (Lipinski definition) is 0. The topological polar surface area (TPSA) is 99.3 Å². The molecule has 0 N–H and O–H groups in total. The Morgan fingerprint density at radius 3 is 2.31 bits per heavy atom. The van der Waals surface area contributed by atoms with Gasteiger partial charge in [-0.1, -0.05) is 24.3 Å². The molecule has 39 heavy (non-hydrogen) atoms. The van der Waals surface area contributed by atoms with Crippen molar-refractivity contribution in [1.82, 2.24) is 14.4 Å². The minimum atomic E-state index is -0.527. The number of benzene rings is 3. The number of amides is 1. The van der Waals surface area contributed by atoms with Crippen molar-refractivity contribution < 1.29 is 23.9 Å². The Hall–Kier alpha value is -4.31. The molecule has 5 rings (SSSR count). The second kappa shape index (κ2) is 11.2. The molecule has 204 valence electrons. The van der Waals surface area contributed by atoms with E-state index in [1.807, 2.05) is 0 Å². The molecule has 1 aliphatic rings.